The number of carbonyl (C=O) groups is 1. The number of carbonyl (C=O) groups excluding carboxylic acids is 1. The Morgan fingerprint density at radius 2 is 2.17 bits per heavy atom. The van der Waals surface area contributed by atoms with E-state index < -0.39 is 5.97 Å². The Morgan fingerprint density at radius 1 is 1.43 bits per heavy atom. The molecule has 0 amide bonds. The van der Waals surface area contributed by atoms with Crippen LogP contribution in [0, 0.1) is 25.2 Å². The number of nitriles is 1. The summed E-state index contributed by atoms with van der Waals surface area (Å²) in [4.78, 5) is 13.6. The van der Waals surface area contributed by atoms with Crippen LogP contribution in [0.4, 0.5) is 5.00 Å². The maximum absolute atomic E-state index is 12.1. The summed E-state index contributed by atoms with van der Waals surface area (Å²) in [6.07, 6.45) is 0. The van der Waals surface area contributed by atoms with Gasteiger partial charge in [0.2, 0.25) is 0 Å². The molecule has 0 aliphatic rings. The smallest absolute Gasteiger partial charge is 0.348 e. The molecule has 23 heavy (non-hydrogen) atoms. The molecule has 1 aromatic carbocycles. The number of anilines is 1. The van der Waals surface area contributed by atoms with Crippen LogP contribution in [0.3, 0.4) is 0 Å². The second-order valence-corrected chi connectivity index (χ2v) is 7.11. The largest absolute Gasteiger partial charge is 0.462 e. The van der Waals surface area contributed by atoms with Gasteiger partial charge in [0.15, 0.2) is 0 Å². The highest BCUT2D eigenvalue weighted by molar-refractivity contribution is 7.98. The molecule has 0 saturated carbocycles. The zero-order valence-electron chi connectivity index (χ0n) is 13.3. The lowest BCUT2D eigenvalue weighted by Crippen LogP contribution is -2.05. The quantitative estimate of drug-likeness (QED) is 0.645. The van der Waals surface area contributed by atoms with E-state index in [1.165, 1.54) is 11.1 Å². The molecule has 120 valence electrons. The van der Waals surface area contributed by atoms with Crippen LogP contribution < -0.4 is 5.73 Å². The van der Waals surface area contributed by atoms with Crippen LogP contribution in [0.5, 0.6) is 0 Å². The minimum atomic E-state index is -0.415. The van der Waals surface area contributed by atoms with Crippen LogP contribution in [0.15, 0.2) is 23.1 Å². The number of thioether (sulfide) groups is 1. The second kappa shape index (κ2) is 7.53. The molecule has 1 heterocycles. The van der Waals surface area contributed by atoms with Gasteiger partial charge in [0.25, 0.3) is 0 Å². The van der Waals surface area contributed by atoms with Gasteiger partial charge in [-0.25, -0.2) is 4.79 Å². The maximum atomic E-state index is 12.1. The molecule has 0 unspecified atom stereocenters. The van der Waals surface area contributed by atoms with Crippen molar-refractivity contribution >= 4 is 34.1 Å². The van der Waals surface area contributed by atoms with E-state index in [4.69, 9.17) is 10.5 Å². The molecule has 0 aliphatic heterocycles. The van der Waals surface area contributed by atoms with Crippen molar-refractivity contribution in [3.63, 3.8) is 0 Å². The van der Waals surface area contributed by atoms with E-state index in [1.807, 2.05) is 6.92 Å². The number of benzene rings is 1. The first kappa shape index (κ1) is 17.4. The molecule has 6 heteroatoms. The lowest BCUT2D eigenvalue weighted by atomic mass is 10.2. The molecule has 2 rings (SSSR count). The number of thiophene rings is 1. The second-order valence-electron chi connectivity index (χ2n) is 5.04. The maximum Gasteiger partial charge on any atom is 0.348 e. The third-order valence-corrected chi connectivity index (χ3v) is 5.55. The summed E-state index contributed by atoms with van der Waals surface area (Å²) in [6, 6.07) is 8.33. The number of aryl methyl sites for hydroxylation is 2. The fraction of sp³-hybridized carbons (Fsp3) is 0.294. The van der Waals surface area contributed by atoms with Crippen molar-refractivity contribution in [2.45, 2.75) is 31.4 Å². The molecule has 0 bridgehead atoms. The van der Waals surface area contributed by atoms with Gasteiger partial charge in [0.05, 0.1) is 12.2 Å². The highest BCUT2D eigenvalue weighted by Crippen LogP contribution is 2.36. The molecular weight excluding hydrogens is 328 g/mol. The van der Waals surface area contributed by atoms with Crippen molar-refractivity contribution in [2.24, 2.45) is 0 Å². The first-order valence-corrected chi connectivity index (χ1v) is 8.96. The molecule has 0 aliphatic carbocycles. The minimum absolute atomic E-state index is 0.294. The number of nitrogens with two attached hydrogens (primary N) is 1. The normalized spacial score (nSPS) is 10.3. The van der Waals surface area contributed by atoms with Gasteiger partial charge < -0.3 is 10.5 Å². The number of hydrogen-bond donors (Lipinski definition) is 1. The van der Waals surface area contributed by atoms with E-state index in [0.717, 1.165) is 16.2 Å². The Bertz CT molecular complexity index is 776. The Balaban J connectivity index is 2.31. The first-order valence-electron chi connectivity index (χ1n) is 7.16. The molecule has 2 N–H and O–H groups in total. The summed E-state index contributed by atoms with van der Waals surface area (Å²) in [5.74, 6) is 0.0937. The highest BCUT2D eigenvalue weighted by Gasteiger charge is 2.22. The highest BCUT2D eigenvalue weighted by atomic mass is 32.2. The van der Waals surface area contributed by atoms with E-state index >= 15 is 0 Å². The molecule has 4 nitrogen and oxygen atoms in total. The number of nitrogen functional groups attached to an aromatic ring is 1. The SMILES string of the molecule is CCOC(=O)c1sc(N)c(C#N)c1CSc1ccc(C)cc1C. The molecule has 0 fully saturated rings. The summed E-state index contributed by atoms with van der Waals surface area (Å²) in [7, 11) is 0. The van der Waals surface area contributed by atoms with Crippen LogP contribution in [0.25, 0.3) is 0 Å². The fourth-order valence-electron chi connectivity index (χ4n) is 2.22. The Labute approximate surface area is 144 Å². The van der Waals surface area contributed by atoms with E-state index in [9.17, 15) is 10.1 Å². The first-order chi connectivity index (χ1) is 11.0. The summed E-state index contributed by atoms with van der Waals surface area (Å²) >= 11 is 2.72. The van der Waals surface area contributed by atoms with Gasteiger partial charge in [-0.1, -0.05) is 17.7 Å². The average molecular weight is 346 g/mol. The Morgan fingerprint density at radius 3 is 2.78 bits per heavy atom. The van der Waals surface area contributed by atoms with Crippen LogP contribution in [0.1, 0.15) is 38.8 Å². The zero-order valence-corrected chi connectivity index (χ0v) is 14.9. The number of nitrogens with zero attached hydrogens (tertiary/aromatic N) is 1. The molecule has 1 aromatic heterocycles. The van der Waals surface area contributed by atoms with Crippen molar-refractivity contribution in [2.75, 3.05) is 12.3 Å². The van der Waals surface area contributed by atoms with Crippen molar-refractivity contribution < 1.29 is 9.53 Å². The van der Waals surface area contributed by atoms with Crippen molar-refractivity contribution in [3.8, 4) is 6.07 Å². The van der Waals surface area contributed by atoms with Gasteiger partial charge in [0, 0.05) is 16.2 Å². The molecule has 2 aromatic rings. The molecular formula is C17H18N2O2S2. The van der Waals surface area contributed by atoms with Gasteiger partial charge in [-0.3, -0.25) is 0 Å². The van der Waals surface area contributed by atoms with Gasteiger partial charge in [-0.2, -0.15) is 5.26 Å². The number of rotatable bonds is 5. The lowest BCUT2D eigenvalue weighted by Gasteiger charge is -2.08. The monoisotopic (exact) mass is 346 g/mol. The van der Waals surface area contributed by atoms with Crippen molar-refractivity contribution in [1.29, 1.82) is 5.26 Å². The Kier molecular flexibility index (Phi) is 5.69. The number of ether oxygens (including phenoxy) is 1. The number of esters is 1. The fourth-order valence-corrected chi connectivity index (χ4v) is 4.28. The summed E-state index contributed by atoms with van der Waals surface area (Å²) < 4.78 is 5.07. The minimum Gasteiger partial charge on any atom is -0.462 e. The van der Waals surface area contributed by atoms with Gasteiger partial charge in [0.1, 0.15) is 15.9 Å². The van der Waals surface area contributed by atoms with Gasteiger partial charge in [-0.15, -0.1) is 23.1 Å². The zero-order chi connectivity index (χ0) is 17.0. The van der Waals surface area contributed by atoms with Crippen LogP contribution in [-0.2, 0) is 10.5 Å². The standard InChI is InChI=1S/C17H18N2O2S2/c1-4-21-17(20)15-13(12(8-18)16(19)23-15)9-22-14-6-5-10(2)7-11(14)3/h5-7H,4,9,19H2,1-3H3. The Hall–Kier alpha value is -1.97. The van der Waals surface area contributed by atoms with Crippen molar-refractivity contribution in [3.05, 3.63) is 45.3 Å². The van der Waals surface area contributed by atoms with E-state index in [2.05, 4.69) is 31.2 Å². The molecule has 0 radical (unpaired) electrons. The van der Waals surface area contributed by atoms with E-state index in [-0.39, 0.29) is 0 Å². The number of hydrogen-bond acceptors (Lipinski definition) is 6. The molecule has 0 saturated heterocycles. The van der Waals surface area contributed by atoms with E-state index in [1.54, 1.807) is 18.7 Å². The predicted molar refractivity (Wildman–Crippen MR) is 94.9 cm³/mol. The summed E-state index contributed by atoms with van der Waals surface area (Å²) in [5, 5.41) is 9.70. The third-order valence-electron chi connectivity index (χ3n) is 3.31. The van der Waals surface area contributed by atoms with Crippen LogP contribution in [0.2, 0.25) is 0 Å². The third kappa shape index (κ3) is 3.87. The summed E-state index contributed by atoms with van der Waals surface area (Å²) in [6.45, 7) is 6.15. The van der Waals surface area contributed by atoms with E-state index in [0.29, 0.717) is 33.4 Å². The lowest BCUT2D eigenvalue weighted by molar-refractivity contribution is 0.0531. The average Bonchev–Trinajstić information content (AvgIpc) is 2.82. The van der Waals surface area contributed by atoms with Gasteiger partial charge >= 0.3 is 5.97 Å². The molecule has 0 spiro atoms. The summed E-state index contributed by atoms with van der Waals surface area (Å²) in [5.41, 5.74) is 9.31. The van der Waals surface area contributed by atoms with Crippen molar-refractivity contribution in [1.82, 2.24) is 0 Å². The topological polar surface area (TPSA) is 76.1 Å². The predicted octanol–water partition coefficient (Wildman–Crippen LogP) is 4.29. The van der Waals surface area contributed by atoms with Gasteiger partial charge in [-0.05, 0) is 32.4 Å². The van der Waals surface area contributed by atoms with Crippen LogP contribution >= 0.6 is 23.1 Å². The van der Waals surface area contributed by atoms with Crippen LogP contribution in [-0.4, -0.2) is 12.6 Å². The molecule has 0 atom stereocenters.